The van der Waals surface area contributed by atoms with Gasteiger partial charge in [0.1, 0.15) is 0 Å². The number of amides is 1. The molecule has 0 bridgehead atoms. The highest BCUT2D eigenvalue weighted by Crippen LogP contribution is 2.24. The molecule has 1 amide bonds. The van der Waals surface area contributed by atoms with E-state index in [4.69, 9.17) is 4.98 Å². The van der Waals surface area contributed by atoms with E-state index in [-0.39, 0.29) is 5.91 Å². The first-order chi connectivity index (χ1) is 12.1. The molecule has 0 unspecified atom stereocenters. The van der Waals surface area contributed by atoms with E-state index >= 15 is 0 Å². The van der Waals surface area contributed by atoms with E-state index in [9.17, 15) is 4.79 Å². The normalized spacial score (nSPS) is 14.3. The Morgan fingerprint density at radius 3 is 2.64 bits per heavy atom. The minimum atomic E-state index is -0.00825. The topological polar surface area (TPSA) is 45.2 Å². The SMILES string of the molecule is CC(C)Cc1ccc(C(=O)NCCc2csc(N3CCCC3)n2)cc1. The molecule has 0 atom stereocenters. The molecule has 1 aliphatic heterocycles. The van der Waals surface area contributed by atoms with E-state index in [2.05, 4.69) is 41.6 Å². The van der Waals surface area contributed by atoms with Gasteiger partial charge in [-0.25, -0.2) is 4.98 Å². The fraction of sp³-hybridized carbons (Fsp3) is 0.500. The molecular formula is C20H27N3OS. The van der Waals surface area contributed by atoms with Gasteiger partial charge in [0, 0.05) is 37.0 Å². The van der Waals surface area contributed by atoms with Crippen LogP contribution >= 0.6 is 11.3 Å². The Labute approximate surface area is 154 Å². The lowest BCUT2D eigenvalue weighted by atomic mass is 10.0. The third kappa shape index (κ3) is 5.05. The summed E-state index contributed by atoms with van der Waals surface area (Å²) < 4.78 is 0. The molecule has 2 aromatic rings. The van der Waals surface area contributed by atoms with E-state index in [1.807, 2.05) is 12.1 Å². The Bertz CT molecular complexity index is 687. The summed E-state index contributed by atoms with van der Waals surface area (Å²) >= 11 is 1.71. The second-order valence-electron chi connectivity index (χ2n) is 7.12. The second-order valence-corrected chi connectivity index (χ2v) is 7.95. The van der Waals surface area contributed by atoms with Gasteiger partial charge in [0.05, 0.1) is 5.69 Å². The Kier molecular flexibility index (Phi) is 6.08. The molecule has 5 heteroatoms. The molecule has 1 fully saturated rings. The third-order valence-corrected chi connectivity index (χ3v) is 5.39. The Morgan fingerprint density at radius 1 is 1.24 bits per heavy atom. The number of rotatable bonds is 7. The van der Waals surface area contributed by atoms with E-state index in [0.29, 0.717) is 12.5 Å². The maximum absolute atomic E-state index is 12.2. The molecular weight excluding hydrogens is 330 g/mol. The second kappa shape index (κ2) is 8.48. The third-order valence-electron chi connectivity index (χ3n) is 4.44. The van der Waals surface area contributed by atoms with Crippen molar-refractivity contribution in [3.63, 3.8) is 0 Å². The maximum atomic E-state index is 12.2. The van der Waals surface area contributed by atoms with Gasteiger partial charge in [-0.05, 0) is 42.9 Å². The van der Waals surface area contributed by atoms with Crippen LogP contribution in [0.3, 0.4) is 0 Å². The lowest BCUT2D eigenvalue weighted by Gasteiger charge is -2.12. The molecule has 1 saturated heterocycles. The van der Waals surface area contributed by atoms with E-state index in [0.717, 1.165) is 42.3 Å². The summed E-state index contributed by atoms with van der Waals surface area (Å²) in [6.07, 6.45) is 4.36. The van der Waals surface area contributed by atoms with Crippen LogP contribution in [-0.2, 0) is 12.8 Å². The number of benzene rings is 1. The molecule has 1 aromatic carbocycles. The van der Waals surface area contributed by atoms with Crippen molar-refractivity contribution in [2.75, 3.05) is 24.5 Å². The Balaban J connectivity index is 1.46. The summed E-state index contributed by atoms with van der Waals surface area (Å²) in [5.74, 6) is 0.620. The highest BCUT2D eigenvalue weighted by molar-refractivity contribution is 7.13. The number of anilines is 1. The number of carbonyl (C=O) groups is 1. The number of nitrogens with one attached hydrogen (secondary N) is 1. The van der Waals surface area contributed by atoms with Gasteiger partial charge in [-0.2, -0.15) is 0 Å². The molecule has 2 heterocycles. The number of thiazole rings is 1. The Hall–Kier alpha value is -1.88. The van der Waals surface area contributed by atoms with Crippen molar-refractivity contribution in [3.05, 3.63) is 46.5 Å². The molecule has 1 aromatic heterocycles. The van der Waals surface area contributed by atoms with Crippen LogP contribution in [0.2, 0.25) is 0 Å². The molecule has 25 heavy (non-hydrogen) atoms. The zero-order chi connectivity index (χ0) is 17.6. The van der Waals surface area contributed by atoms with Gasteiger partial charge in [-0.1, -0.05) is 26.0 Å². The highest BCUT2D eigenvalue weighted by Gasteiger charge is 2.15. The molecule has 0 spiro atoms. The fourth-order valence-corrected chi connectivity index (χ4v) is 4.05. The van der Waals surface area contributed by atoms with Crippen LogP contribution in [-0.4, -0.2) is 30.5 Å². The predicted molar refractivity (Wildman–Crippen MR) is 105 cm³/mol. The molecule has 134 valence electrons. The average Bonchev–Trinajstić information content (AvgIpc) is 3.26. The van der Waals surface area contributed by atoms with Crippen molar-refractivity contribution >= 4 is 22.4 Å². The zero-order valence-corrected chi connectivity index (χ0v) is 15.9. The standard InChI is InChI=1S/C20H27N3OS/c1-15(2)13-16-5-7-17(8-6-16)19(24)21-10-9-18-14-25-20(22-18)23-11-3-4-12-23/h5-8,14-15H,3-4,9-13H2,1-2H3,(H,21,24). The number of carbonyl (C=O) groups excluding carboxylic acids is 1. The molecule has 1 aliphatic rings. The highest BCUT2D eigenvalue weighted by atomic mass is 32.1. The largest absolute Gasteiger partial charge is 0.352 e. The van der Waals surface area contributed by atoms with Gasteiger partial charge < -0.3 is 10.2 Å². The molecule has 0 radical (unpaired) electrons. The Morgan fingerprint density at radius 2 is 1.96 bits per heavy atom. The average molecular weight is 358 g/mol. The van der Waals surface area contributed by atoms with Crippen LogP contribution < -0.4 is 10.2 Å². The summed E-state index contributed by atoms with van der Waals surface area (Å²) in [5, 5.41) is 6.23. The van der Waals surface area contributed by atoms with E-state index < -0.39 is 0 Å². The minimum Gasteiger partial charge on any atom is -0.352 e. The molecule has 0 aliphatic carbocycles. The molecule has 1 N–H and O–H groups in total. The summed E-state index contributed by atoms with van der Waals surface area (Å²) in [5.41, 5.74) is 3.08. The van der Waals surface area contributed by atoms with Gasteiger partial charge >= 0.3 is 0 Å². The molecule has 4 nitrogen and oxygen atoms in total. The van der Waals surface area contributed by atoms with Crippen LogP contribution in [0.5, 0.6) is 0 Å². The van der Waals surface area contributed by atoms with Crippen molar-refractivity contribution in [1.29, 1.82) is 0 Å². The quantitative estimate of drug-likeness (QED) is 0.817. The van der Waals surface area contributed by atoms with Crippen LogP contribution in [0.25, 0.3) is 0 Å². The fourth-order valence-electron chi connectivity index (χ4n) is 3.13. The van der Waals surface area contributed by atoms with Gasteiger partial charge in [0.2, 0.25) is 0 Å². The molecule has 0 saturated carbocycles. The first-order valence-corrected chi connectivity index (χ1v) is 10.1. The number of hydrogen-bond acceptors (Lipinski definition) is 4. The number of hydrogen-bond donors (Lipinski definition) is 1. The van der Waals surface area contributed by atoms with Crippen molar-refractivity contribution in [1.82, 2.24) is 10.3 Å². The summed E-state index contributed by atoms with van der Waals surface area (Å²) in [4.78, 5) is 19.3. The van der Waals surface area contributed by atoms with Crippen molar-refractivity contribution in [2.45, 2.75) is 39.5 Å². The van der Waals surface area contributed by atoms with Crippen molar-refractivity contribution in [3.8, 4) is 0 Å². The zero-order valence-electron chi connectivity index (χ0n) is 15.1. The van der Waals surface area contributed by atoms with Crippen LogP contribution in [0.4, 0.5) is 5.13 Å². The van der Waals surface area contributed by atoms with E-state index in [1.165, 1.54) is 18.4 Å². The smallest absolute Gasteiger partial charge is 0.251 e. The predicted octanol–water partition coefficient (Wildman–Crippen LogP) is 3.91. The molecule has 3 rings (SSSR count). The summed E-state index contributed by atoms with van der Waals surface area (Å²) in [6, 6.07) is 7.94. The lowest BCUT2D eigenvalue weighted by Crippen LogP contribution is -2.25. The van der Waals surface area contributed by atoms with Crippen LogP contribution in [0, 0.1) is 5.92 Å². The summed E-state index contributed by atoms with van der Waals surface area (Å²) in [7, 11) is 0. The van der Waals surface area contributed by atoms with Gasteiger partial charge in [0.25, 0.3) is 5.91 Å². The monoisotopic (exact) mass is 357 g/mol. The number of aromatic nitrogens is 1. The van der Waals surface area contributed by atoms with Crippen LogP contribution in [0.15, 0.2) is 29.6 Å². The van der Waals surface area contributed by atoms with Gasteiger partial charge in [-0.15, -0.1) is 11.3 Å². The number of nitrogens with zero attached hydrogens (tertiary/aromatic N) is 2. The van der Waals surface area contributed by atoms with Gasteiger partial charge in [0.15, 0.2) is 5.13 Å². The lowest BCUT2D eigenvalue weighted by molar-refractivity contribution is 0.0954. The van der Waals surface area contributed by atoms with Crippen molar-refractivity contribution < 1.29 is 4.79 Å². The van der Waals surface area contributed by atoms with Crippen molar-refractivity contribution in [2.24, 2.45) is 5.92 Å². The van der Waals surface area contributed by atoms with E-state index in [1.54, 1.807) is 11.3 Å². The van der Waals surface area contributed by atoms with Gasteiger partial charge in [-0.3, -0.25) is 4.79 Å². The van der Waals surface area contributed by atoms with Crippen LogP contribution in [0.1, 0.15) is 48.3 Å². The maximum Gasteiger partial charge on any atom is 0.251 e. The summed E-state index contributed by atoms with van der Waals surface area (Å²) in [6.45, 7) is 7.27. The minimum absolute atomic E-state index is 0.00825. The first-order valence-electron chi connectivity index (χ1n) is 9.18. The first kappa shape index (κ1) is 17.9.